The van der Waals surface area contributed by atoms with Gasteiger partial charge in [-0.15, -0.1) is 0 Å². The van der Waals surface area contributed by atoms with Crippen LogP contribution < -0.4 is 0 Å². The highest BCUT2D eigenvalue weighted by Crippen LogP contribution is 2.42. The first-order chi connectivity index (χ1) is 23.5. The fourth-order valence-electron chi connectivity index (χ4n) is 5.78. The molecule has 0 N–H and O–H groups in total. The molecule has 0 spiro atoms. The molecule has 0 radical (unpaired) electrons. The van der Waals surface area contributed by atoms with Crippen LogP contribution in [0.5, 0.6) is 0 Å². The molecule has 0 saturated heterocycles. The van der Waals surface area contributed by atoms with Crippen molar-refractivity contribution in [2.75, 3.05) is 0 Å². The summed E-state index contributed by atoms with van der Waals surface area (Å²) in [5, 5.41) is 2.27. The molecule has 0 aliphatic heterocycles. The quantitative estimate of drug-likeness (QED) is 0.228. The number of hydrogen-bond donors (Lipinski definition) is 0. The first-order valence-corrected chi connectivity index (χ1v) is 12.5. The average molecular weight is 509 g/mol. The molecule has 0 unspecified atom stereocenters. The molecule has 39 heavy (non-hydrogen) atoms. The van der Waals surface area contributed by atoms with Gasteiger partial charge in [0.1, 0.15) is 11.2 Å². The Morgan fingerprint density at radius 2 is 1.05 bits per heavy atom. The molecule has 0 fully saturated rings. The fraction of sp³-hybridized carbons (Fsp3) is 0. The van der Waals surface area contributed by atoms with Gasteiger partial charge in [-0.05, 0) is 54.5 Å². The van der Waals surface area contributed by atoms with Crippen LogP contribution in [0.4, 0.5) is 0 Å². The van der Waals surface area contributed by atoms with E-state index in [9.17, 15) is 2.74 Å². The summed E-state index contributed by atoms with van der Waals surface area (Å²) in [6, 6.07) is 17.8. The van der Waals surface area contributed by atoms with Crippen LogP contribution in [-0.4, -0.2) is 9.13 Å². The van der Waals surface area contributed by atoms with Crippen LogP contribution in [0.2, 0.25) is 0 Å². The smallest absolute Gasteiger partial charge is 0.137 e. The molecule has 0 bridgehead atoms. The van der Waals surface area contributed by atoms with Crippen molar-refractivity contribution in [3.63, 3.8) is 0 Å². The molecule has 3 heteroatoms. The summed E-state index contributed by atoms with van der Waals surface area (Å²) in [5.41, 5.74) is 2.51. The summed E-state index contributed by atoms with van der Waals surface area (Å²) in [7, 11) is 0. The van der Waals surface area contributed by atoms with Crippen LogP contribution in [-0.2, 0) is 0 Å². The lowest BCUT2D eigenvalue weighted by atomic mass is 10.1. The number of nitrogens with zero attached hydrogens (tertiary/aromatic N) is 2. The van der Waals surface area contributed by atoms with Crippen LogP contribution in [0.1, 0.15) is 13.7 Å². The lowest BCUT2D eigenvalue weighted by molar-refractivity contribution is 0.668. The van der Waals surface area contributed by atoms with Gasteiger partial charge in [0.2, 0.25) is 0 Å². The zero-order chi connectivity index (χ0) is 34.2. The van der Waals surface area contributed by atoms with Crippen molar-refractivity contribution in [3.8, 4) is 11.4 Å². The fourth-order valence-corrected chi connectivity index (χ4v) is 5.78. The van der Waals surface area contributed by atoms with Crippen molar-refractivity contribution in [2.45, 2.75) is 0 Å². The van der Waals surface area contributed by atoms with Crippen LogP contribution in [0.15, 0.2) is 138 Å². The van der Waals surface area contributed by atoms with Crippen LogP contribution in [0, 0.1) is 0 Å². The normalized spacial score (nSPS) is 15.7. The highest BCUT2D eigenvalue weighted by Gasteiger charge is 2.20. The second kappa shape index (κ2) is 7.62. The number of rotatable bonds is 2. The number of aromatic nitrogens is 2. The van der Waals surface area contributed by atoms with Gasteiger partial charge in [0.25, 0.3) is 0 Å². The van der Waals surface area contributed by atoms with Crippen molar-refractivity contribution in [1.82, 2.24) is 9.13 Å². The molecular formula is C36H22N2O. The third kappa shape index (κ3) is 2.76. The van der Waals surface area contributed by atoms with E-state index in [4.69, 9.17) is 15.4 Å². The van der Waals surface area contributed by atoms with Gasteiger partial charge in [-0.1, -0.05) is 72.7 Å². The Labute approximate surface area is 237 Å². The van der Waals surface area contributed by atoms with Gasteiger partial charge < -0.3 is 13.6 Å². The second-order valence-electron chi connectivity index (χ2n) is 9.43. The summed E-state index contributed by atoms with van der Waals surface area (Å²) in [4.78, 5) is 0. The van der Waals surface area contributed by atoms with E-state index in [1.807, 2.05) is 30.3 Å². The summed E-state index contributed by atoms with van der Waals surface area (Å²) in [5.74, 6) is 0. The maximum absolute atomic E-state index is 9.49. The van der Waals surface area contributed by atoms with E-state index in [2.05, 4.69) is 0 Å². The number of hydrogen-bond acceptors (Lipinski definition) is 1. The molecule has 0 amide bonds. The molecular weight excluding hydrogens is 476 g/mol. The van der Waals surface area contributed by atoms with E-state index < -0.39 is 24.2 Å². The minimum absolute atomic E-state index is 0.0679. The number of fused-ring (bicyclic) bond motifs is 10. The first kappa shape index (κ1) is 13.5. The largest absolute Gasteiger partial charge is 0.456 e. The monoisotopic (exact) mass is 508 g/mol. The Morgan fingerprint density at radius 1 is 0.462 bits per heavy atom. The molecule has 3 heterocycles. The first-order valence-electron chi connectivity index (χ1n) is 17.5. The molecule has 9 aromatic rings. The SMILES string of the molecule is [2H]c1c([2H])c([2H])c2c(c1[2H])c1c3c4c([2H])c([2H])c([2H])c([2H])c4n(-c4ccc5c(c4)oc4ccccc45)c3c([2H])c([2H])c1n2-c1ccccc1. The predicted octanol–water partition coefficient (Wildman–Crippen LogP) is 9.78. The summed E-state index contributed by atoms with van der Waals surface area (Å²) in [6.45, 7) is 0. The third-order valence-corrected chi connectivity index (χ3v) is 7.39. The summed E-state index contributed by atoms with van der Waals surface area (Å²) < 4.78 is 98.9. The van der Waals surface area contributed by atoms with Crippen LogP contribution in [0.25, 0.3) is 76.9 Å². The molecule has 182 valence electrons. The molecule has 6 aromatic carbocycles. The predicted molar refractivity (Wildman–Crippen MR) is 162 cm³/mol. The lowest BCUT2D eigenvalue weighted by Gasteiger charge is -2.09. The Hall–Kier alpha value is -5.28. The highest BCUT2D eigenvalue weighted by atomic mass is 16.3. The zero-order valence-electron chi connectivity index (χ0n) is 30.2. The Morgan fingerprint density at radius 3 is 1.77 bits per heavy atom. The van der Waals surface area contributed by atoms with E-state index in [1.54, 1.807) is 51.6 Å². The molecule has 9 rings (SSSR count). The van der Waals surface area contributed by atoms with Gasteiger partial charge in [0.05, 0.1) is 35.8 Å². The van der Waals surface area contributed by atoms with Gasteiger partial charge in [-0.2, -0.15) is 0 Å². The maximum Gasteiger partial charge on any atom is 0.137 e. The number of para-hydroxylation sites is 4. The summed E-state index contributed by atoms with van der Waals surface area (Å²) >= 11 is 0. The molecule has 0 aliphatic rings. The van der Waals surface area contributed by atoms with Crippen molar-refractivity contribution in [1.29, 1.82) is 0 Å². The van der Waals surface area contributed by atoms with E-state index >= 15 is 0 Å². The van der Waals surface area contributed by atoms with Crippen LogP contribution in [0.3, 0.4) is 0 Å². The van der Waals surface area contributed by atoms with Gasteiger partial charge in [0, 0.05) is 49.8 Å². The Bertz CT molecular complexity index is 2940. The Balaban J connectivity index is 1.60. The van der Waals surface area contributed by atoms with Crippen LogP contribution >= 0.6 is 0 Å². The van der Waals surface area contributed by atoms with Gasteiger partial charge in [0.15, 0.2) is 0 Å². The molecule has 3 nitrogen and oxygen atoms in total. The van der Waals surface area contributed by atoms with Crippen molar-refractivity contribution >= 4 is 65.6 Å². The Kier molecular flexibility index (Phi) is 2.64. The molecule has 0 aliphatic carbocycles. The second-order valence-corrected chi connectivity index (χ2v) is 9.43. The minimum atomic E-state index is -0.493. The van der Waals surface area contributed by atoms with E-state index in [1.165, 1.54) is 0 Å². The standard InChI is InChI=1S/C36H22N2O/c1-2-10-23(11-3-1)37-29-15-7-4-13-27(29)35-31(37)20-21-32-36(35)28-14-5-8-16-30(28)38(32)24-18-19-26-25-12-6-9-17-33(25)39-34(26)22-24/h1-22H/i4D,5D,7D,8D,13D,14D,15D,16D,20D,21D. The van der Waals surface area contributed by atoms with Gasteiger partial charge >= 0.3 is 0 Å². The highest BCUT2D eigenvalue weighted by molar-refractivity contribution is 6.29. The van der Waals surface area contributed by atoms with E-state index in [0.29, 0.717) is 22.5 Å². The lowest BCUT2D eigenvalue weighted by Crippen LogP contribution is -1.94. The molecule has 3 aromatic heterocycles. The zero-order valence-corrected chi connectivity index (χ0v) is 20.2. The van der Waals surface area contributed by atoms with Crippen molar-refractivity contribution < 1.29 is 18.1 Å². The minimum Gasteiger partial charge on any atom is -0.456 e. The number of benzene rings is 6. The topological polar surface area (TPSA) is 23.0 Å². The summed E-state index contributed by atoms with van der Waals surface area (Å²) in [6.07, 6.45) is 0. The maximum atomic E-state index is 9.49. The van der Waals surface area contributed by atoms with Crippen molar-refractivity contribution in [2.24, 2.45) is 0 Å². The van der Waals surface area contributed by atoms with E-state index in [-0.39, 0.29) is 79.9 Å². The van der Waals surface area contributed by atoms with Gasteiger partial charge in [-0.3, -0.25) is 0 Å². The molecule has 0 saturated carbocycles. The van der Waals surface area contributed by atoms with E-state index in [0.717, 1.165) is 10.8 Å². The molecule has 0 atom stereocenters. The number of furan rings is 1. The average Bonchev–Trinajstić information content (AvgIpc) is 3.78. The van der Waals surface area contributed by atoms with Gasteiger partial charge in [-0.25, -0.2) is 0 Å². The van der Waals surface area contributed by atoms with Crippen molar-refractivity contribution in [3.05, 3.63) is 133 Å². The third-order valence-electron chi connectivity index (χ3n) is 7.39.